The first-order valence-electron chi connectivity index (χ1n) is 9.48. The normalized spacial score (nSPS) is 23.5. The van der Waals surface area contributed by atoms with Gasteiger partial charge in [-0.2, -0.15) is 0 Å². The predicted molar refractivity (Wildman–Crippen MR) is 101 cm³/mol. The van der Waals surface area contributed by atoms with Gasteiger partial charge in [0, 0.05) is 30.6 Å². The highest BCUT2D eigenvalue weighted by molar-refractivity contribution is 7.11. The molecule has 1 N–H and O–H groups in total. The summed E-state index contributed by atoms with van der Waals surface area (Å²) in [6.07, 6.45) is 5.02. The summed E-state index contributed by atoms with van der Waals surface area (Å²) in [4.78, 5) is 20.2. The van der Waals surface area contributed by atoms with Crippen molar-refractivity contribution >= 4 is 17.2 Å². The maximum absolute atomic E-state index is 12.2. The maximum Gasteiger partial charge on any atom is 0.225 e. The fraction of sp³-hybridized carbons (Fsp3) is 0.789. The number of nitrogens with one attached hydrogen (secondary N) is 1. The molecule has 0 radical (unpaired) electrons. The number of carbonyl (C=O) groups is 1. The zero-order chi connectivity index (χ0) is 18.0. The van der Waals surface area contributed by atoms with Crippen LogP contribution >= 0.6 is 11.3 Å². The van der Waals surface area contributed by atoms with E-state index in [9.17, 15) is 4.79 Å². The van der Waals surface area contributed by atoms with E-state index < -0.39 is 0 Å². The van der Waals surface area contributed by atoms with Crippen molar-refractivity contribution in [3.8, 4) is 0 Å². The molecule has 2 fully saturated rings. The number of likely N-dealkylation sites (tertiary alicyclic amines) is 1. The standard InChI is InChI=1S/C19H31N3O2S/c1-13(2)22-9-7-19(8-10-22)6-5-16(24-19)12-20-18(23)11-17-14(3)21-15(4)25-17/h13,16H,5-12H2,1-4H3,(H,20,23)/t16-/m1/s1. The van der Waals surface area contributed by atoms with Crippen LogP contribution in [0.1, 0.15) is 55.1 Å². The Kier molecular flexibility index (Phi) is 5.81. The second-order valence-electron chi connectivity index (χ2n) is 7.81. The van der Waals surface area contributed by atoms with Crippen LogP contribution in [0.15, 0.2) is 0 Å². The fourth-order valence-electron chi connectivity index (χ4n) is 4.03. The van der Waals surface area contributed by atoms with E-state index >= 15 is 0 Å². The van der Waals surface area contributed by atoms with Crippen molar-refractivity contribution in [3.05, 3.63) is 15.6 Å². The Labute approximate surface area is 155 Å². The molecule has 0 saturated carbocycles. The Morgan fingerprint density at radius 2 is 2.08 bits per heavy atom. The molecule has 1 atom stereocenters. The van der Waals surface area contributed by atoms with Gasteiger partial charge in [-0.25, -0.2) is 4.98 Å². The van der Waals surface area contributed by atoms with E-state index in [2.05, 4.69) is 29.0 Å². The molecule has 2 saturated heterocycles. The molecule has 140 valence electrons. The number of rotatable bonds is 5. The van der Waals surface area contributed by atoms with Crippen LogP contribution in [-0.4, -0.2) is 53.2 Å². The van der Waals surface area contributed by atoms with Crippen LogP contribution in [0.25, 0.3) is 0 Å². The first-order valence-corrected chi connectivity index (χ1v) is 10.3. The van der Waals surface area contributed by atoms with E-state index in [1.807, 2.05) is 13.8 Å². The number of aryl methyl sites for hydroxylation is 2. The van der Waals surface area contributed by atoms with Gasteiger partial charge in [-0.1, -0.05) is 0 Å². The highest BCUT2D eigenvalue weighted by atomic mass is 32.1. The minimum Gasteiger partial charge on any atom is -0.370 e. The first kappa shape index (κ1) is 18.8. The minimum atomic E-state index is 0.0617. The molecular weight excluding hydrogens is 334 g/mol. The SMILES string of the molecule is Cc1nc(C)c(CC(=O)NC[C@H]2CCC3(CCN(C(C)C)CC3)O2)s1. The van der Waals surface area contributed by atoms with E-state index in [1.165, 1.54) is 0 Å². The second-order valence-corrected chi connectivity index (χ2v) is 9.10. The lowest BCUT2D eigenvalue weighted by Gasteiger charge is -2.40. The van der Waals surface area contributed by atoms with E-state index in [1.54, 1.807) is 11.3 Å². The lowest BCUT2D eigenvalue weighted by atomic mass is 9.88. The molecule has 1 aromatic rings. The molecule has 0 aromatic carbocycles. The Morgan fingerprint density at radius 3 is 2.68 bits per heavy atom. The number of carbonyl (C=O) groups excluding carboxylic acids is 1. The van der Waals surface area contributed by atoms with Crippen LogP contribution < -0.4 is 5.32 Å². The number of hydrogen-bond donors (Lipinski definition) is 1. The summed E-state index contributed by atoms with van der Waals surface area (Å²) < 4.78 is 6.40. The number of hydrogen-bond acceptors (Lipinski definition) is 5. The van der Waals surface area contributed by atoms with Gasteiger partial charge in [0.25, 0.3) is 0 Å². The molecular formula is C19H31N3O2S. The topological polar surface area (TPSA) is 54.5 Å². The molecule has 1 aromatic heterocycles. The lowest BCUT2D eigenvalue weighted by Crippen LogP contribution is -2.47. The highest BCUT2D eigenvalue weighted by Gasteiger charge is 2.42. The molecule has 3 heterocycles. The number of piperidine rings is 1. The molecule has 1 amide bonds. The third kappa shape index (κ3) is 4.60. The van der Waals surface area contributed by atoms with Crippen LogP contribution in [0, 0.1) is 13.8 Å². The van der Waals surface area contributed by atoms with Gasteiger partial charge in [0.15, 0.2) is 0 Å². The Balaban J connectivity index is 1.43. The van der Waals surface area contributed by atoms with Gasteiger partial charge in [-0.05, 0) is 53.4 Å². The Bertz CT molecular complexity index is 606. The van der Waals surface area contributed by atoms with Crippen LogP contribution in [-0.2, 0) is 16.0 Å². The van der Waals surface area contributed by atoms with Gasteiger partial charge in [0.1, 0.15) is 0 Å². The van der Waals surface area contributed by atoms with Crippen molar-refractivity contribution in [2.75, 3.05) is 19.6 Å². The second kappa shape index (κ2) is 7.72. The van der Waals surface area contributed by atoms with Gasteiger partial charge in [0.2, 0.25) is 5.91 Å². The quantitative estimate of drug-likeness (QED) is 0.872. The van der Waals surface area contributed by atoms with Gasteiger partial charge in [0.05, 0.1) is 28.8 Å². The van der Waals surface area contributed by atoms with E-state index in [4.69, 9.17) is 4.74 Å². The van der Waals surface area contributed by atoms with Crippen molar-refractivity contribution in [3.63, 3.8) is 0 Å². The first-order chi connectivity index (χ1) is 11.9. The van der Waals surface area contributed by atoms with Crippen molar-refractivity contribution in [1.82, 2.24) is 15.2 Å². The van der Waals surface area contributed by atoms with Crippen LogP contribution in [0.3, 0.4) is 0 Å². The van der Waals surface area contributed by atoms with E-state index in [-0.39, 0.29) is 17.6 Å². The van der Waals surface area contributed by atoms with Gasteiger partial charge >= 0.3 is 0 Å². The smallest absolute Gasteiger partial charge is 0.225 e. The number of aromatic nitrogens is 1. The molecule has 2 aliphatic heterocycles. The van der Waals surface area contributed by atoms with Crippen molar-refractivity contribution in [2.24, 2.45) is 0 Å². The average molecular weight is 366 g/mol. The summed E-state index contributed by atoms with van der Waals surface area (Å²) in [6, 6.07) is 0.618. The zero-order valence-corrected chi connectivity index (χ0v) is 16.7. The predicted octanol–water partition coefficient (Wildman–Crippen LogP) is 2.84. The summed E-state index contributed by atoms with van der Waals surface area (Å²) in [5, 5.41) is 4.09. The third-order valence-electron chi connectivity index (χ3n) is 5.63. The van der Waals surface area contributed by atoms with Crippen molar-refractivity contribution in [2.45, 2.75) is 77.5 Å². The largest absolute Gasteiger partial charge is 0.370 e. The molecule has 2 aliphatic rings. The molecule has 1 spiro atoms. The number of ether oxygens (including phenoxy) is 1. The summed E-state index contributed by atoms with van der Waals surface area (Å²) in [5.41, 5.74) is 1.04. The summed E-state index contributed by atoms with van der Waals surface area (Å²) in [6.45, 7) is 11.4. The summed E-state index contributed by atoms with van der Waals surface area (Å²) in [5.74, 6) is 0.0749. The van der Waals surface area contributed by atoms with Crippen LogP contribution in [0.5, 0.6) is 0 Å². The Hall–Kier alpha value is -0.980. The van der Waals surface area contributed by atoms with Crippen LogP contribution in [0.2, 0.25) is 0 Å². The Morgan fingerprint density at radius 1 is 1.36 bits per heavy atom. The lowest BCUT2D eigenvalue weighted by molar-refractivity contribution is -0.122. The molecule has 0 unspecified atom stereocenters. The average Bonchev–Trinajstić information content (AvgIpc) is 3.09. The zero-order valence-electron chi connectivity index (χ0n) is 15.9. The highest BCUT2D eigenvalue weighted by Crippen LogP contribution is 2.39. The summed E-state index contributed by atoms with van der Waals surface area (Å²) >= 11 is 1.61. The molecule has 0 aliphatic carbocycles. The summed E-state index contributed by atoms with van der Waals surface area (Å²) in [7, 11) is 0. The van der Waals surface area contributed by atoms with E-state index in [0.717, 1.165) is 54.4 Å². The van der Waals surface area contributed by atoms with Crippen LogP contribution in [0.4, 0.5) is 0 Å². The fourth-order valence-corrected chi connectivity index (χ4v) is 4.96. The van der Waals surface area contributed by atoms with E-state index in [0.29, 0.717) is 19.0 Å². The minimum absolute atomic E-state index is 0.0617. The van der Waals surface area contributed by atoms with Gasteiger partial charge in [-0.15, -0.1) is 11.3 Å². The monoisotopic (exact) mass is 365 g/mol. The maximum atomic E-state index is 12.2. The molecule has 0 bridgehead atoms. The number of amides is 1. The molecule has 3 rings (SSSR count). The molecule has 6 heteroatoms. The van der Waals surface area contributed by atoms with Crippen molar-refractivity contribution < 1.29 is 9.53 Å². The number of thiazole rings is 1. The van der Waals surface area contributed by atoms with Gasteiger partial charge in [-0.3, -0.25) is 4.79 Å². The van der Waals surface area contributed by atoms with Gasteiger partial charge < -0.3 is 15.0 Å². The molecule has 25 heavy (non-hydrogen) atoms. The third-order valence-corrected chi connectivity index (χ3v) is 6.70. The van der Waals surface area contributed by atoms with Crippen molar-refractivity contribution in [1.29, 1.82) is 0 Å². The number of nitrogens with zero attached hydrogens (tertiary/aromatic N) is 2. The molecule has 5 nitrogen and oxygen atoms in total.